The molecule has 4 aromatic rings. The third-order valence-electron chi connectivity index (χ3n) is 5.42. The number of anilines is 2. The fourth-order valence-electron chi connectivity index (χ4n) is 3.62. The van der Waals surface area contributed by atoms with Crippen LogP contribution >= 0.6 is 55.1 Å². The van der Waals surface area contributed by atoms with Crippen LogP contribution in [0.2, 0.25) is 10.0 Å². The molecule has 36 heavy (non-hydrogen) atoms. The molecule has 0 spiro atoms. The van der Waals surface area contributed by atoms with E-state index in [0.717, 1.165) is 20.1 Å². The lowest BCUT2D eigenvalue weighted by Gasteiger charge is -2.28. The van der Waals surface area contributed by atoms with E-state index in [-0.39, 0.29) is 13.1 Å². The van der Waals surface area contributed by atoms with Crippen molar-refractivity contribution in [2.24, 2.45) is 0 Å². The van der Waals surface area contributed by atoms with Gasteiger partial charge in [0.05, 0.1) is 13.1 Å². The predicted octanol–water partition coefficient (Wildman–Crippen LogP) is 8.29. The topological polar surface area (TPSA) is 40.6 Å². The maximum atomic E-state index is 13.8. The molecule has 0 saturated heterocycles. The van der Waals surface area contributed by atoms with Gasteiger partial charge >= 0.3 is 11.8 Å². The number of rotatable bonds is 6. The maximum absolute atomic E-state index is 13.8. The second-order valence-corrected chi connectivity index (χ2v) is 10.7. The Kier molecular flexibility index (Phi) is 8.86. The molecule has 182 valence electrons. The van der Waals surface area contributed by atoms with E-state index < -0.39 is 11.8 Å². The van der Waals surface area contributed by atoms with E-state index >= 15 is 0 Å². The molecule has 0 N–H and O–H groups in total. The smallest absolute Gasteiger partial charge is 0.300 e. The summed E-state index contributed by atoms with van der Waals surface area (Å²) < 4.78 is 1.60. The van der Waals surface area contributed by atoms with Crippen molar-refractivity contribution in [2.45, 2.75) is 13.1 Å². The van der Waals surface area contributed by atoms with Crippen LogP contribution in [0.25, 0.3) is 0 Å². The van der Waals surface area contributed by atoms with Crippen molar-refractivity contribution in [2.75, 3.05) is 9.80 Å². The molecule has 0 aliphatic rings. The maximum Gasteiger partial charge on any atom is 0.317 e. The molecule has 2 amide bonds. The molecule has 0 heterocycles. The van der Waals surface area contributed by atoms with Crippen molar-refractivity contribution in [3.05, 3.63) is 127 Å². The molecule has 4 nitrogen and oxygen atoms in total. The highest BCUT2D eigenvalue weighted by atomic mass is 79.9. The monoisotopic (exact) mass is 644 g/mol. The fraction of sp³-hybridized carbons (Fsp3) is 0.0714. The fourth-order valence-corrected chi connectivity index (χ4v) is 4.65. The molecule has 0 bridgehead atoms. The summed E-state index contributed by atoms with van der Waals surface area (Å²) in [6.07, 6.45) is 0. The second-order valence-electron chi connectivity index (χ2n) is 8.00. The Labute approximate surface area is 236 Å². The number of amides is 2. The van der Waals surface area contributed by atoms with Crippen molar-refractivity contribution in [1.29, 1.82) is 0 Å². The lowest BCUT2D eigenvalue weighted by molar-refractivity contribution is -0.136. The summed E-state index contributed by atoms with van der Waals surface area (Å²) >= 11 is 19.0. The van der Waals surface area contributed by atoms with E-state index in [1.54, 1.807) is 36.4 Å². The Morgan fingerprint density at radius 2 is 0.944 bits per heavy atom. The van der Waals surface area contributed by atoms with E-state index in [0.29, 0.717) is 21.4 Å². The van der Waals surface area contributed by atoms with Gasteiger partial charge in [0.2, 0.25) is 0 Å². The Morgan fingerprint density at radius 1 is 0.583 bits per heavy atom. The van der Waals surface area contributed by atoms with Gasteiger partial charge in [-0.2, -0.15) is 0 Å². The number of hydrogen-bond acceptors (Lipinski definition) is 2. The molecule has 0 aliphatic heterocycles. The molecule has 4 aromatic carbocycles. The number of nitrogens with zero attached hydrogens (tertiary/aromatic N) is 2. The van der Waals surface area contributed by atoms with E-state index in [2.05, 4.69) is 31.9 Å². The van der Waals surface area contributed by atoms with Gasteiger partial charge in [-0.25, -0.2) is 0 Å². The standard InChI is InChI=1S/C28H20Br2Cl2N2O2/c29-21-3-1-5-25(15-21)33(17-19-7-11-23(31)12-8-19)27(35)28(36)34(26-6-2-4-22(30)16-26)18-20-9-13-24(32)14-10-20/h1-16H,17-18H2. The van der Waals surface area contributed by atoms with E-state index in [9.17, 15) is 9.59 Å². The molecule has 0 unspecified atom stereocenters. The van der Waals surface area contributed by atoms with Crippen molar-refractivity contribution < 1.29 is 9.59 Å². The number of carbonyl (C=O) groups is 2. The third-order valence-corrected chi connectivity index (χ3v) is 6.91. The lowest BCUT2D eigenvalue weighted by Crippen LogP contribution is -2.45. The lowest BCUT2D eigenvalue weighted by atomic mass is 10.1. The first-order valence-corrected chi connectivity index (χ1v) is 13.3. The number of carbonyl (C=O) groups excluding carboxylic acids is 2. The first-order valence-electron chi connectivity index (χ1n) is 10.9. The van der Waals surface area contributed by atoms with Gasteiger partial charge in [0, 0.05) is 30.4 Å². The van der Waals surface area contributed by atoms with Gasteiger partial charge in [-0.05, 0) is 71.8 Å². The normalized spacial score (nSPS) is 10.7. The van der Waals surface area contributed by atoms with Crippen molar-refractivity contribution in [1.82, 2.24) is 0 Å². The number of halogens is 4. The molecule has 0 radical (unpaired) electrons. The first kappa shape index (κ1) is 26.4. The first-order chi connectivity index (χ1) is 17.3. The molecular formula is C28H20Br2Cl2N2O2. The van der Waals surface area contributed by atoms with Crippen LogP contribution in [-0.4, -0.2) is 11.8 Å². The van der Waals surface area contributed by atoms with Crippen LogP contribution in [0.1, 0.15) is 11.1 Å². The van der Waals surface area contributed by atoms with Gasteiger partial charge in [-0.1, -0.05) is 91.5 Å². The molecular weight excluding hydrogens is 627 g/mol. The van der Waals surface area contributed by atoms with E-state index in [1.165, 1.54) is 9.80 Å². The zero-order chi connectivity index (χ0) is 25.7. The van der Waals surface area contributed by atoms with Crippen LogP contribution in [0, 0.1) is 0 Å². The molecule has 0 fully saturated rings. The quantitative estimate of drug-likeness (QED) is 0.198. The van der Waals surface area contributed by atoms with Gasteiger partial charge < -0.3 is 0 Å². The Hall–Kier alpha value is -2.64. The highest BCUT2D eigenvalue weighted by molar-refractivity contribution is 9.10. The molecule has 0 saturated carbocycles. The SMILES string of the molecule is O=C(C(=O)N(Cc1ccc(Cl)cc1)c1cccc(Br)c1)N(Cc1ccc(Cl)cc1)c1cccc(Br)c1. The summed E-state index contributed by atoms with van der Waals surface area (Å²) in [6.45, 7) is 0.400. The predicted molar refractivity (Wildman–Crippen MR) is 154 cm³/mol. The van der Waals surface area contributed by atoms with Gasteiger partial charge in [0.1, 0.15) is 0 Å². The van der Waals surface area contributed by atoms with Gasteiger partial charge in [-0.3, -0.25) is 19.4 Å². The number of benzene rings is 4. The van der Waals surface area contributed by atoms with E-state index in [1.807, 2.05) is 60.7 Å². The van der Waals surface area contributed by atoms with Crippen LogP contribution in [0.15, 0.2) is 106 Å². The number of hydrogen-bond donors (Lipinski definition) is 0. The second kappa shape index (κ2) is 12.1. The highest BCUT2D eigenvalue weighted by Crippen LogP contribution is 2.26. The van der Waals surface area contributed by atoms with Crippen LogP contribution in [-0.2, 0) is 22.7 Å². The Balaban J connectivity index is 1.72. The minimum absolute atomic E-state index is 0.200. The van der Waals surface area contributed by atoms with Crippen molar-refractivity contribution in [3.8, 4) is 0 Å². The van der Waals surface area contributed by atoms with E-state index in [4.69, 9.17) is 23.2 Å². The molecule has 4 rings (SSSR count). The molecule has 0 atom stereocenters. The van der Waals surface area contributed by atoms with Gasteiger partial charge in [0.15, 0.2) is 0 Å². The largest absolute Gasteiger partial charge is 0.317 e. The molecule has 0 aliphatic carbocycles. The summed E-state index contributed by atoms with van der Waals surface area (Å²) in [7, 11) is 0. The molecule has 8 heteroatoms. The van der Waals surface area contributed by atoms with Crippen molar-refractivity contribution in [3.63, 3.8) is 0 Å². The summed E-state index contributed by atoms with van der Waals surface area (Å²) in [5, 5.41) is 1.19. The molecule has 0 aromatic heterocycles. The van der Waals surface area contributed by atoms with Gasteiger partial charge in [0.25, 0.3) is 0 Å². The third kappa shape index (κ3) is 6.77. The van der Waals surface area contributed by atoms with Crippen LogP contribution < -0.4 is 9.80 Å². The zero-order valence-corrected chi connectivity index (χ0v) is 23.6. The van der Waals surface area contributed by atoms with Crippen LogP contribution in [0.4, 0.5) is 11.4 Å². The van der Waals surface area contributed by atoms with Gasteiger partial charge in [-0.15, -0.1) is 0 Å². The van der Waals surface area contributed by atoms with Crippen molar-refractivity contribution >= 4 is 78.3 Å². The minimum Gasteiger partial charge on any atom is -0.300 e. The minimum atomic E-state index is -0.656. The average Bonchev–Trinajstić information content (AvgIpc) is 2.87. The summed E-state index contributed by atoms with van der Waals surface area (Å²) in [4.78, 5) is 30.6. The summed E-state index contributed by atoms with van der Waals surface area (Å²) in [5.74, 6) is -1.31. The van der Waals surface area contributed by atoms with Crippen LogP contribution in [0.3, 0.4) is 0 Å². The average molecular weight is 647 g/mol. The summed E-state index contributed by atoms with van der Waals surface area (Å²) in [6, 6.07) is 29.0. The Morgan fingerprint density at radius 3 is 1.28 bits per heavy atom. The summed E-state index contributed by atoms with van der Waals surface area (Å²) in [5.41, 5.74) is 2.87. The Bertz CT molecular complexity index is 1270. The highest BCUT2D eigenvalue weighted by Gasteiger charge is 2.30. The zero-order valence-electron chi connectivity index (χ0n) is 18.9. The van der Waals surface area contributed by atoms with Crippen LogP contribution in [0.5, 0.6) is 0 Å².